The standard InChI is InChI=1S/C22H24N2O5S/c1-13-2-4-16-19(6-13)30-21-20(16)22(26)24(11-23-21)8-15(25)10-27-9-14-3-5-17-18(7-14)29-12-28-17/h3,5,7,11,13,15,25H,2,4,6,8-10,12H2,1H3/t13-,15-/m0/s1. The topological polar surface area (TPSA) is 82.8 Å². The molecule has 0 bridgehead atoms. The van der Waals surface area contributed by atoms with Crippen LogP contribution in [0.1, 0.15) is 29.3 Å². The molecule has 1 N–H and O–H groups in total. The second-order valence-corrected chi connectivity index (χ2v) is 9.17. The van der Waals surface area contributed by atoms with Gasteiger partial charge in [-0.05, 0) is 48.4 Å². The molecule has 158 valence electrons. The maximum Gasteiger partial charge on any atom is 0.262 e. The Hall–Kier alpha value is -2.42. The van der Waals surface area contributed by atoms with E-state index in [-0.39, 0.29) is 25.5 Å². The molecule has 5 rings (SSSR count). The third-order valence-electron chi connectivity index (χ3n) is 5.71. The number of aliphatic hydroxyl groups is 1. The number of nitrogens with zero attached hydrogens (tertiary/aromatic N) is 2. The summed E-state index contributed by atoms with van der Waals surface area (Å²) in [5.74, 6) is 2.08. The molecular weight excluding hydrogens is 404 g/mol. The largest absolute Gasteiger partial charge is 0.454 e. The first-order valence-electron chi connectivity index (χ1n) is 10.2. The quantitative estimate of drug-likeness (QED) is 0.650. The number of ether oxygens (including phenoxy) is 3. The monoisotopic (exact) mass is 428 g/mol. The van der Waals surface area contributed by atoms with Crippen molar-refractivity contribution in [3.05, 3.63) is 50.9 Å². The molecule has 1 aromatic carbocycles. The van der Waals surface area contributed by atoms with Crippen LogP contribution in [0.25, 0.3) is 10.2 Å². The lowest BCUT2D eigenvalue weighted by Crippen LogP contribution is -2.29. The summed E-state index contributed by atoms with van der Waals surface area (Å²) in [6, 6.07) is 5.63. The predicted molar refractivity (Wildman–Crippen MR) is 113 cm³/mol. The molecule has 1 aliphatic carbocycles. The summed E-state index contributed by atoms with van der Waals surface area (Å²) >= 11 is 1.63. The maximum absolute atomic E-state index is 13.0. The van der Waals surface area contributed by atoms with E-state index in [4.69, 9.17) is 14.2 Å². The van der Waals surface area contributed by atoms with Crippen molar-refractivity contribution in [1.29, 1.82) is 0 Å². The number of fused-ring (bicyclic) bond motifs is 4. The molecular formula is C22H24N2O5S. The molecule has 2 aromatic heterocycles. The number of aromatic nitrogens is 2. The van der Waals surface area contributed by atoms with E-state index in [1.54, 1.807) is 11.3 Å². The fraction of sp³-hybridized carbons (Fsp3) is 0.455. The molecule has 0 fully saturated rings. The maximum atomic E-state index is 13.0. The van der Waals surface area contributed by atoms with Crippen molar-refractivity contribution < 1.29 is 19.3 Å². The molecule has 0 saturated carbocycles. The highest BCUT2D eigenvalue weighted by Crippen LogP contribution is 2.35. The molecule has 2 atom stereocenters. The molecule has 0 radical (unpaired) electrons. The summed E-state index contributed by atoms with van der Waals surface area (Å²) in [7, 11) is 0. The Kier molecular flexibility index (Phi) is 5.22. The van der Waals surface area contributed by atoms with E-state index in [0.29, 0.717) is 18.3 Å². The molecule has 0 unspecified atom stereocenters. The first kappa shape index (κ1) is 19.5. The summed E-state index contributed by atoms with van der Waals surface area (Å²) in [5, 5.41) is 11.1. The van der Waals surface area contributed by atoms with Crippen LogP contribution in [0, 0.1) is 5.92 Å². The van der Waals surface area contributed by atoms with Gasteiger partial charge in [0.15, 0.2) is 11.5 Å². The van der Waals surface area contributed by atoms with E-state index in [9.17, 15) is 9.90 Å². The molecule has 0 spiro atoms. The third-order valence-corrected chi connectivity index (χ3v) is 6.87. The second kappa shape index (κ2) is 8.02. The first-order valence-corrected chi connectivity index (χ1v) is 11.0. The van der Waals surface area contributed by atoms with Crippen molar-refractivity contribution in [2.24, 2.45) is 5.92 Å². The molecule has 0 saturated heterocycles. The smallest absolute Gasteiger partial charge is 0.262 e. The van der Waals surface area contributed by atoms with E-state index >= 15 is 0 Å². The highest BCUT2D eigenvalue weighted by Gasteiger charge is 2.23. The Morgan fingerprint density at radius 3 is 3.13 bits per heavy atom. The Morgan fingerprint density at radius 1 is 1.37 bits per heavy atom. The average Bonchev–Trinajstić information content (AvgIpc) is 3.33. The van der Waals surface area contributed by atoms with Crippen molar-refractivity contribution >= 4 is 21.6 Å². The highest BCUT2D eigenvalue weighted by molar-refractivity contribution is 7.18. The Bertz CT molecular complexity index is 1140. The number of hydrogen-bond acceptors (Lipinski definition) is 7. The molecule has 8 heteroatoms. The molecule has 1 aliphatic heterocycles. The zero-order valence-corrected chi connectivity index (χ0v) is 17.6. The van der Waals surface area contributed by atoms with Crippen LogP contribution in [0.3, 0.4) is 0 Å². The molecule has 3 aromatic rings. The van der Waals surface area contributed by atoms with Gasteiger partial charge in [0.2, 0.25) is 6.79 Å². The van der Waals surface area contributed by atoms with Gasteiger partial charge in [-0.1, -0.05) is 13.0 Å². The third kappa shape index (κ3) is 3.71. The predicted octanol–water partition coefficient (Wildman–Crippen LogP) is 2.89. The summed E-state index contributed by atoms with van der Waals surface area (Å²) in [5.41, 5.74) is 2.03. The van der Waals surface area contributed by atoms with Gasteiger partial charge >= 0.3 is 0 Å². The normalized spacial score (nSPS) is 18.5. The lowest BCUT2D eigenvalue weighted by molar-refractivity contribution is 0.0198. The number of benzene rings is 1. The number of hydrogen-bond donors (Lipinski definition) is 1. The second-order valence-electron chi connectivity index (χ2n) is 8.09. The minimum atomic E-state index is -0.801. The van der Waals surface area contributed by atoms with Gasteiger partial charge in [0, 0.05) is 4.88 Å². The van der Waals surface area contributed by atoms with Gasteiger partial charge in [-0.15, -0.1) is 11.3 Å². The van der Waals surface area contributed by atoms with Crippen LogP contribution in [-0.4, -0.2) is 34.2 Å². The number of rotatable bonds is 6. The van der Waals surface area contributed by atoms with E-state index < -0.39 is 6.10 Å². The minimum Gasteiger partial charge on any atom is -0.454 e. The van der Waals surface area contributed by atoms with Crippen molar-refractivity contribution in [3.63, 3.8) is 0 Å². The number of thiophene rings is 1. The summed E-state index contributed by atoms with van der Waals surface area (Å²) < 4.78 is 17.8. The van der Waals surface area contributed by atoms with Crippen LogP contribution in [0.15, 0.2) is 29.3 Å². The van der Waals surface area contributed by atoms with E-state index in [2.05, 4.69) is 11.9 Å². The molecule has 30 heavy (non-hydrogen) atoms. The Balaban J connectivity index is 1.24. The average molecular weight is 429 g/mol. The van der Waals surface area contributed by atoms with E-state index in [0.717, 1.165) is 46.4 Å². The van der Waals surface area contributed by atoms with Gasteiger partial charge in [-0.2, -0.15) is 0 Å². The Labute approximate surface area is 177 Å². The van der Waals surface area contributed by atoms with Crippen molar-refractivity contribution in [1.82, 2.24) is 9.55 Å². The molecule has 0 amide bonds. The highest BCUT2D eigenvalue weighted by atomic mass is 32.1. The fourth-order valence-electron chi connectivity index (χ4n) is 4.12. The number of aliphatic hydroxyl groups excluding tert-OH is 1. The summed E-state index contributed by atoms with van der Waals surface area (Å²) in [6.45, 7) is 3.11. The van der Waals surface area contributed by atoms with Crippen LogP contribution < -0.4 is 15.0 Å². The van der Waals surface area contributed by atoms with Crippen LogP contribution >= 0.6 is 11.3 Å². The van der Waals surface area contributed by atoms with Gasteiger partial charge in [-0.3, -0.25) is 9.36 Å². The first-order chi connectivity index (χ1) is 14.6. The van der Waals surface area contributed by atoms with Gasteiger partial charge in [-0.25, -0.2) is 4.98 Å². The molecule has 3 heterocycles. The summed E-state index contributed by atoms with van der Waals surface area (Å²) in [4.78, 5) is 19.6. The van der Waals surface area contributed by atoms with Gasteiger partial charge in [0.1, 0.15) is 4.83 Å². The lowest BCUT2D eigenvalue weighted by atomic mass is 9.89. The van der Waals surface area contributed by atoms with Gasteiger partial charge < -0.3 is 19.3 Å². The van der Waals surface area contributed by atoms with Crippen molar-refractivity contribution in [2.75, 3.05) is 13.4 Å². The minimum absolute atomic E-state index is 0.0677. The van der Waals surface area contributed by atoms with Crippen molar-refractivity contribution in [2.45, 2.75) is 45.4 Å². The van der Waals surface area contributed by atoms with E-state index in [1.807, 2.05) is 18.2 Å². The Morgan fingerprint density at radius 2 is 2.23 bits per heavy atom. The van der Waals surface area contributed by atoms with Crippen LogP contribution in [0.5, 0.6) is 11.5 Å². The van der Waals surface area contributed by atoms with Crippen LogP contribution in [0.4, 0.5) is 0 Å². The van der Waals surface area contributed by atoms with Gasteiger partial charge in [0.05, 0.1) is 37.6 Å². The zero-order valence-electron chi connectivity index (χ0n) is 16.8. The molecule has 2 aliphatic rings. The zero-order chi connectivity index (χ0) is 20.7. The van der Waals surface area contributed by atoms with Crippen LogP contribution in [-0.2, 0) is 30.7 Å². The lowest BCUT2D eigenvalue weighted by Gasteiger charge is -2.17. The number of aryl methyl sites for hydroxylation is 1. The summed E-state index contributed by atoms with van der Waals surface area (Å²) in [6.07, 6.45) is 3.79. The fourth-order valence-corrected chi connectivity index (χ4v) is 5.46. The van der Waals surface area contributed by atoms with Crippen molar-refractivity contribution in [3.8, 4) is 11.5 Å². The van der Waals surface area contributed by atoms with Gasteiger partial charge in [0.25, 0.3) is 5.56 Å². The van der Waals surface area contributed by atoms with Crippen LogP contribution in [0.2, 0.25) is 0 Å². The van der Waals surface area contributed by atoms with E-state index in [1.165, 1.54) is 15.8 Å². The SMILES string of the molecule is C[C@H]1CCc2c(sc3ncn(C[C@H](O)COCc4ccc5c(c4)OCO5)c(=O)c23)C1. The molecule has 7 nitrogen and oxygen atoms in total.